The largest absolute Gasteiger partial charge is 0.435 e. The lowest BCUT2D eigenvalue weighted by molar-refractivity contribution is -0.0498. The number of fused-ring (bicyclic) bond motifs is 1. The van der Waals surface area contributed by atoms with Gasteiger partial charge < -0.3 is 10.5 Å². The van der Waals surface area contributed by atoms with Gasteiger partial charge in [-0.05, 0) is 60.9 Å². The summed E-state index contributed by atoms with van der Waals surface area (Å²) in [6, 6.07) is 7.19. The van der Waals surface area contributed by atoms with Crippen LogP contribution in [0.15, 0.2) is 29.2 Å². The number of rotatable bonds is 4. The lowest BCUT2D eigenvalue weighted by atomic mass is 10.0. The molecule has 110 valence electrons. The molecule has 2 aliphatic rings. The van der Waals surface area contributed by atoms with Gasteiger partial charge in [-0.25, -0.2) is 4.31 Å². The van der Waals surface area contributed by atoms with Crippen molar-refractivity contribution in [2.24, 2.45) is 17.6 Å². The SMILES string of the molecule is NC1CC2CN(Sc3ccc(OC(F)F)cc3)CC2C1. The number of benzene rings is 1. The van der Waals surface area contributed by atoms with E-state index >= 15 is 0 Å². The highest BCUT2D eigenvalue weighted by Crippen LogP contribution is 2.41. The Morgan fingerprint density at radius 3 is 2.30 bits per heavy atom. The maximum absolute atomic E-state index is 12.1. The summed E-state index contributed by atoms with van der Waals surface area (Å²) in [6.45, 7) is -0.632. The summed E-state index contributed by atoms with van der Waals surface area (Å²) in [7, 11) is 0. The van der Waals surface area contributed by atoms with Gasteiger partial charge in [0.25, 0.3) is 0 Å². The molecule has 1 aromatic carbocycles. The zero-order valence-electron chi connectivity index (χ0n) is 11.0. The van der Waals surface area contributed by atoms with Crippen LogP contribution in [0.25, 0.3) is 0 Å². The Labute approximate surface area is 121 Å². The Kier molecular flexibility index (Phi) is 4.14. The number of nitrogens with zero attached hydrogens (tertiary/aromatic N) is 1. The quantitative estimate of drug-likeness (QED) is 0.868. The molecule has 2 fully saturated rings. The molecule has 20 heavy (non-hydrogen) atoms. The fourth-order valence-electron chi connectivity index (χ4n) is 3.21. The molecule has 1 saturated heterocycles. The fraction of sp³-hybridized carbons (Fsp3) is 0.571. The van der Waals surface area contributed by atoms with Gasteiger partial charge in [0.15, 0.2) is 0 Å². The predicted octanol–water partition coefficient (Wildman–Crippen LogP) is 2.96. The molecule has 1 aliphatic heterocycles. The molecule has 2 N–H and O–H groups in total. The third-order valence-corrected chi connectivity index (χ3v) is 5.08. The van der Waals surface area contributed by atoms with Crippen molar-refractivity contribution in [3.63, 3.8) is 0 Å². The molecule has 1 aromatic rings. The van der Waals surface area contributed by atoms with Crippen LogP contribution in [0.5, 0.6) is 5.75 Å². The van der Waals surface area contributed by atoms with Gasteiger partial charge in [0.05, 0.1) is 0 Å². The molecule has 0 aromatic heterocycles. The van der Waals surface area contributed by atoms with E-state index in [-0.39, 0.29) is 5.75 Å². The van der Waals surface area contributed by atoms with Gasteiger partial charge in [-0.1, -0.05) is 0 Å². The van der Waals surface area contributed by atoms with Crippen molar-refractivity contribution < 1.29 is 13.5 Å². The van der Waals surface area contributed by atoms with Crippen LogP contribution in [-0.2, 0) is 0 Å². The van der Waals surface area contributed by atoms with Crippen LogP contribution in [0, 0.1) is 11.8 Å². The van der Waals surface area contributed by atoms with Crippen LogP contribution < -0.4 is 10.5 Å². The zero-order valence-corrected chi connectivity index (χ0v) is 11.9. The van der Waals surface area contributed by atoms with Crippen LogP contribution in [0.4, 0.5) is 8.78 Å². The number of alkyl halides is 2. The van der Waals surface area contributed by atoms with Gasteiger partial charge in [-0.2, -0.15) is 8.78 Å². The molecule has 2 unspecified atom stereocenters. The van der Waals surface area contributed by atoms with Crippen LogP contribution >= 0.6 is 11.9 Å². The maximum atomic E-state index is 12.1. The highest BCUT2D eigenvalue weighted by atomic mass is 32.2. The van der Waals surface area contributed by atoms with E-state index in [4.69, 9.17) is 5.73 Å². The molecule has 1 saturated carbocycles. The van der Waals surface area contributed by atoms with E-state index in [2.05, 4.69) is 9.04 Å². The first kappa shape index (κ1) is 14.1. The second kappa shape index (κ2) is 5.87. The summed E-state index contributed by atoms with van der Waals surface area (Å²) in [6.07, 6.45) is 2.26. The molecule has 6 heteroatoms. The minimum atomic E-state index is -2.77. The Balaban J connectivity index is 1.54. The van der Waals surface area contributed by atoms with E-state index in [0.29, 0.717) is 6.04 Å². The molecular weight excluding hydrogens is 282 g/mol. The zero-order chi connectivity index (χ0) is 14.1. The molecule has 3 nitrogen and oxygen atoms in total. The monoisotopic (exact) mass is 300 g/mol. The summed E-state index contributed by atoms with van der Waals surface area (Å²) in [5.74, 6) is 1.64. The van der Waals surface area contributed by atoms with E-state index < -0.39 is 6.61 Å². The number of halogens is 2. The standard InChI is InChI=1S/C14H18F2N2OS/c15-14(16)19-12-1-3-13(4-2-12)20-18-7-9-5-11(17)6-10(9)8-18/h1-4,9-11,14H,5-8,17H2. The molecular formula is C14H18F2N2OS. The smallest absolute Gasteiger partial charge is 0.387 e. The third kappa shape index (κ3) is 3.24. The normalized spacial score (nSPS) is 29.9. The Bertz CT molecular complexity index is 443. The number of hydrogen-bond donors (Lipinski definition) is 1. The summed E-state index contributed by atoms with van der Waals surface area (Å²) in [5, 5.41) is 0. The maximum Gasteiger partial charge on any atom is 0.387 e. The van der Waals surface area contributed by atoms with Crippen molar-refractivity contribution >= 4 is 11.9 Å². The Morgan fingerprint density at radius 1 is 1.15 bits per heavy atom. The van der Waals surface area contributed by atoms with E-state index in [1.165, 1.54) is 0 Å². The van der Waals surface area contributed by atoms with Crippen molar-refractivity contribution in [3.8, 4) is 5.75 Å². The summed E-state index contributed by atoms with van der Waals surface area (Å²) in [5.41, 5.74) is 5.98. The predicted molar refractivity (Wildman–Crippen MR) is 74.7 cm³/mol. The molecule has 0 radical (unpaired) electrons. The lowest BCUT2D eigenvalue weighted by Gasteiger charge is -2.16. The highest BCUT2D eigenvalue weighted by molar-refractivity contribution is 7.97. The van der Waals surface area contributed by atoms with E-state index in [9.17, 15) is 8.78 Å². The fourth-order valence-corrected chi connectivity index (χ4v) is 4.30. The van der Waals surface area contributed by atoms with Crippen molar-refractivity contribution in [1.29, 1.82) is 0 Å². The summed E-state index contributed by atoms with van der Waals surface area (Å²) < 4.78 is 30.8. The molecule has 1 heterocycles. The van der Waals surface area contributed by atoms with Crippen LogP contribution in [0.3, 0.4) is 0 Å². The van der Waals surface area contributed by atoms with Gasteiger partial charge in [0.2, 0.25) is 0 Å². The minimum absolute atomic E-state index is 0.202. The second-order valence-electron chi connectivity index (χ2n) is 5.54. The van der Waals surface area contributed by atoms with Crippen molar-refractivity contribution in [3.05, 3.63) is 24.3 Å². The molecule has 0 amide bonds. The number of hydrogen-bond acceptors (Lipinski definition) is 4. The number of nitrogens with two attached hydrogens (primary N) is 1. The molecule has 1 aliphatic carbocycles. The average molecular weight is 300 g/mol. The van der Waals surface area contributed by atoms with E-state index in [0.717, 1.165) is 42.7 Å². The highest BCUT2D eigenvalue weighted by Gasteiger charge is 2.39. The van der Waals surface area contributed by atoms with Crippen LogP contribution in [0.2, 0.25) is 0 Å². The number of ether oxygens (including phenoxy) is 1. The first-order valence-electron chi connectivity index (χ1n) is 6.83. The Morgan fingerprint density at radius 2 is 1.75 bits per heavy atom. The van der Waals surface area contributed by atoms with Crippen LogP contribution in [-0.4, -0.2) is 30.0 Å². The van der Waals surface area contributed by atoms with Crippen molar-refractivity contribution in [2.45, 2.75) is 30.4 Å². The van der Waals surface area contributed by atoms with Gasteiger partial charge in [0.1, 0.15) is 5.75 Å². The van der Waals surface area contributed by atoms with Gasteiger partial charge in [-0.15, -0.1) is 0 Å². The third-order valence-electron chi connectivity index (χ3n) is 4.04. The minimum Gasteiger partial charge on any atom is -0.435 e. The van der Waals surface area contributed by atoms with Crippen molar-refractivity contribution in [1.82, 2.24) is 4.31 Å². The van der Waals surface area contributed by atoms with E-state index in [1.54, 1.807) is 24.1 Å². The molecule has 2 atom stereocenters. The molecule has 0 spiro atoms. The van der Waals surface area contributed by atoms with Crippen molar-refractivity contribution in [2.75, 3.05) is 13.1 Å². The van der Waals surface area contributed by atoms with E-state index in [1.807, 2.05) is 12.1 Å². The Hall–Kier alpha value is -0.850. The molecule has 0 bridgehead atoms. The lowest BCUT2D eigenvalue weighted by Crippen LogP contribution is -2.21. The summed E-state index contributed by atoms with van der Waals surface area (Å²) >= 11 is 1.69. The second-order valence-corrected chi connectivity index (χ2v) is 6.71. The molecule has 3 rings (SSSR count). The summed E-state index contributed by atoms with van der Waals surface area (Å²) in [4.78, 5) is 1.05. The van der Waals surface area contributed by atoms with Gasteiger partial charge >= 0.3 is 6.61 Å². The topological polar surface area (TPSA) is 38.5 Å². The first-order chi connectivity index (χ1) is 9.60. The average Bonchev–Trinajstić information content (AvgIpc) is 2.87. The van der Waals surface area contributed by atoms with Gasteiger partial charge in [-0.3, -0.25) is 0 Å². The first-order valence-corrected chi connectivity index (χ1v) is 7.61. The van der Waals surface area contributed by atoms with Gasteiger partial charge in [0, 0.05) is 24.0 Å². The van der Waals surface area contributed by atoms with Crippen LogP contribution in [0.1, 0.15) is 12.8 Å².